The van der Waals surface area contributed by atoms with Gasteiger partial charge in [-0.2, -0.15) is 0 Å². The van der Waals surface area contributed by atoms with E-state index >= 15 is 0 Å². The van der Waals surface area contributed by atoms with Gasteiger partial charge in [0.1, 0.15) is 0 Å². The molecule has 0 radical (unpaired) electrons. The third-order valence-electron chi connectivity index (χ3n) is 1.80. The smallest absolute Gasteiger partial charge is 0.234 e. The first-order valence-electron chi connectivity index (χ1n) is 4.43. The molecule has 0 bridgehead atoms. The normalized spacial score (nSPS) is 15.5. The highest BCUT2D eigenvalue weighted by molar-refractivity contribution is 9.10. The van der Waals surface area contributed by atoms with Crippen LogP contribution in [0.25, 0.3) is 0 Å². The lowest BCUT2D eigenvalue weighted by molar-refractivity contribution is -0.121. The largest absolute Gasteiger partial charge is 0.380 e. The number of carbonyl (C=O) groups excluding carboxylic acids is 1. The van der Waals surface area contributed by atoms with Gasteiger partial charge in [0.05, 0.1) is 10.9 Å². The van der Waals surface area contributed by atoms with Crippen LogP contribution < -0.4 is 5.32 Å². The average Bonchev–Trinajstić information content (AvgIpc) is 2.11. The molecule has 0 aliphatic heterocycles. The van der Waals surface area contributed by atoms with Crippen LogP contribution in [0.5, 0.6) is 0 Å². The number of methoxy groups -OCH3 is 1. The lowest BCUT2D eigenvalue weighted by atomic mass is 10.1. The van der Waals surface area contributed by atoms with Gasteiger partial charge >= 0.3 is 0 Å². The van der Waals surface area contributed by atoms with Gasteiger partial charge in [-0.25, -0.2) is 0 Å². The fourth-order valence-electron chi connectivity index (χ4n) is 0.728. The van der Waals surface area contributed by atoms with Crippen molar-refractivity contribution in [3.05, 3.63) is 0 Å². The first kappa shape index (κ1) is 12.9. The Balaban J connectivity index is 3.74. The van der Waals surface area contributed by atoms with Crippen LogP contribution in [0.15, 0.2) is 0 Å². The van der Waals surface area contributed by atoms with Crippen molar-refractivity contribution in [3.63, 3.8) is 0 Å². The number of halogens is 1. The minimum atomic E-state index is -0.114. The van der Waals surface area contributed by atoms with Gasteiger partial charge in [0.2, 0.25) is 5.91 Å². The monoisotopic (exact) mass is 251 g/mol. The maximum absolute atomic E-state index is 11.4. The lowest BCUT2D eigenvalue weighted by Crippen LogP contribution is -2.38. The number of ether oxygens (including phenoxy) is 1. The van der Waals surface area contributed by atoms with Crippen LogP contribution in [0.3, 0.4) is 0 Å². The second-order valence-electron chi connectivity index (χ2n) is 3.44. The Kier molecular flexibility index (Phi) is 6.33. The molecule has 0 saturated carbocycles. The molecular formula is C9H18BrNO2. The fourth-order valence-corrected chi connectivity index (χ4v) is 0.890. The fraction of sp³-hybridized carbons (Fsp3) is 0.889. The zero-order valence-corrected chi connectivity index (χ0v) is 10.2. The van der Waals surface area contributed by atoms with Gasteiger partial charge in [0.15, 0.2) is 0 Å². The van der Waals surface area contributed by atoms with Crippen LogP contribution in [0.4, 0.5) is 0 Å². The van der Waals surface area contributed by atoms with Crippen LogP contribution in [-0.4, -0.2) is 30.5 Å². The number of hydrogen-bond donors (Lipinski definition) is 1. The van der Waals surface area contributed by atoms with Crippen molar-refractivity contribution in [3.8, 4) is 0 Å². The Bertz CT molecular complexity index is 162. The molecular weight excluding hydrogens is 234 g/mol. The molecule has 0 aliphatic rings. The lowest BCUT2D eigenvalue weighted by Gasteiger charge is -2.15. The van der Waals surface area contributed by atoms with Crippen LogP contribution in [0.2, 0.25) is 0 Å². The summed E-state index contributed by atoms with van der Waals surface area (Å²) in [5.41, 5.74) is 0. The third-order valence-corrected chi connectivity index (χ3v) is 3.28. The van der Waals surface area contributed by atoms with Gasteiger partial charge < -0.3 is 10.1 Å². The van der Waals surface area contributed by atoms with E-state index in [9.17, 15) is 4.79 Å². The van der Waals surface area contributed by atoms with Crippen molar-refractivity contribution in [2.24, 2.45) is 5.92 Å². The minimum Gasteiger partial charge on any atom is -0.380 e. The predicted molar refractivity (Wildman–Crippen MR) is 57.0 cm³/mol. The SMILES string of the molecule is COC(C)CNC(=O)C(Br)C(C)C. The summed E-state index contributed by atoms with van der Waals surface area (Å²) in [6.07, 6.45) is 0.0656. The summed E-state index contributed by atoms with van der Waals surface area (Å²) < 4.78 is 5.01. The summed E-state index contributed by atoms with van der Waals surface area (Å²) in [6.45, 7) is 6.47. The molecule has 0 spiro atoms. The number of hydrogen-bond acceptors (Lipinski definition) is 2. The highest BCUT2D eigenvalue weighted by Crippen LogP contribution is 2.11. The predicted octanol–water partition coefficient (Wildman–Crippen LogP) is 1.56. The van der Waals surface area contributed by atoms with Gasteiger partial charge in [-0.15, -0.1) is 0 Å². The Hall–Kier alpha value is -0.0900. The zero-order valence-electron chi connectivity index (χ0n) is 8.63. The highest BCUT2D eigenvalue weighted by atomic mass is 79.9. The maximum atomic E-state index is 11.4. The maximum Gasteiger partial charge on any atom is 0.234 e. The molecule has 2 unspecified atom stereocenters. The molecule has 0 aromatic carbocycles. The van der Waals surface area contributed by atoms with Crippen molar-refractivity contribution >= 4 is 21.8 Å². The van der Waals surface area contributed by atoms with Crippen molar-refractivity contribution in [2.75, 3.05) is 13.7 Å². The molecule has 0 fully saturated rings. The van der Waals surface area contributed by atoms with E-state index in [0.29, 0.717) is 12.5 Å². The molecule has 0 rings (SSSR count). The van der Waals surface area contributed by atoms with Crippen molar-refractivity contribution in [2.45, 2.75) is 31.7 Å². The van der Waals surface area contributed by atoms with Crippen molar-refractivity contribution in [1.82, 2.24) is 5.32 Å². The third kappa shape index (κ3) is 5.26. The average molecular weight is 252 g/mol. The molecule has 0 saturated heterocycles. The molecule has 13 heavy (non-hydrogen) atoms. The molecule has 1 amide bonds. The van der Waals surface area contributed by atoms with Crippen LogP contribution >= 0.6 is 15.9 Å². The summed E-state index contributed by atoms with van der Waals surface area (Å²) in [5, 5.41) is 2.80. The van der Waals surface area contributed by atoms with E-state index in [1.165, 1.54) is 0 Å². The number of alkyl halides is 1. The molecule has 2 atom stereocenters. The number of amides is 1. The number of carbonyl (C=O) groups is 1. The van der Waals surface area contributed by atoms with Crippen molar-refractivity contribution < 1.29 is 9.53 Å². The summed E-state index contributed by atoms with van der Waals surface area (Å²) in [7, 11) is 1.63. The standard InChI is InChI=1S/C9H18BrNO2/c1-6(2)8(10)9(12)11-5-7(3)13-4/h6-8H,5H2,1-4H3,(H,11,12). The Morgan fingerprint density at radius 1 is 1.46 bits per heavy atom. The molecule has 3 nitrogen and oxygen atoms in total. The first-order valence-corrected chi connectivity index (χ1v) is 5.35. The summed E-state index contributed by atoms with van der Waals surface area (Å²) in [5.74, 6) is 0.330. The van der Waals surface area contributed by atoms with Crippen molar-refractivity contribution in [1.29, 1.82) is 0 Å². The topological polar surface area (TPSA) is 38.3 Å². The number of nitrogens with one attached hydrogen (secondary N) is 1. The van der Waals surface area contributed by atoms with E-state index in [0.717, 1.165) is 0 Å². The quantitative estimate of drug-likeness (QED) is 0.754. The number of rotatable bonds is 5. The highest BCUT2D eigenvalue weighted by Gasteiger charge is 2.18. The molecule has 0 aromatic heterocycles. The minimum absolute atomic E-state index is 0.0268. The molecule has 4 heteroatoms. The van der Waals surface area contributed by atoms with E-state index in [1.807, 2.05) is 20.8 Å². The van der Waals surface area contributed by atoms with Crippen LogP contribution in [0, 0.1) is 5.92 Å². The van der Waals surface area contributed by atoms with Gasteiger partial charge in [-0.05, 0) is 12.8 Å². The first-order chi connectivity index (χ1) is 5.99. The van der Waals surface area contributed by atoms with Crippen LogP contribution in [-0.2, 0) is 9.53 Å². The van der Waals surface area contributed by atoms with E-state index in [4.69, 9.17) is 4.74 Å². The Morgan fingerprint density at radius 3 is 2.38 bits per heavy atom. The van der Waals surface area contributed by atoms with E-state index < -0.39 is 0 Å². The van der Waals surface area contributed by atoms with Gasteiger partial charge in [-0.1, -0.05) is 29.8 Å². The molecule has 1 N–H and O–H groups in total. The van der Waals surface area contributed by atoms with Gasteiger partial charge in [-0.3, -0.25) is 4.79 Å². The summed E-state index contributed by atoms with van der Waals surface area (Å²) >= 11 is 3.33. The molecule has 0 aliphatic carbocycles. The second kappa shape index (κ2) is 6.38. The van der Waals surface area contributed by atoms with Crippen LogP contribution in [0.1, 0.15) is 20.8 Å². The van der Waals surface area contributed by atoms with Gasteiger partial charge in [0, 0.05) is 13.7 Å². The Labute approximate surface area is 88.4 Å². The molecule has 0 aromatic rings. The summed E-state index contributed by atoms with van der Waals surface area (Å²) in [6, 6.07) is 0. The second-order valence-corrected chi connectivity index (χ2v) is 4.42. The molecule has 78 valence electrons. The summed E-state index contributed by atoms with van der Waals surface area (Å²) in [4.78, 5) is 11.3. The molecule has 0 heterocycles. The zero-order chi connectivity index (χ0) is 10.4. The van der Waals surface area contributed by atoms with E-state index in [1.54, 1.807) is 7.11 Å². The van der Waals surface area contributed by atoms with E-state index in [-0.39, 0.29) is 16.8 Å². The van der Waals surface area contributed by atoms with E-state index in [2.05, 4.69) is 21.2 Å². The Morgan fingerprint density at radius 2 is 2.00 bits per heavy atom. The van der Waals surface area contributed by atoms with Gasteiger partial charge in [0.25, 0.3) is 0 Å².